The minimum absolute atomic E-state index is 0.111. The molecule has 1 aromatic rings. The van der Waals surface area contributed by atoms with Crippen molar-refractivity contribution in [3.8, 4) is 0 Å². The second-order valence-electron chi connectivity index (χ2n) is 8.05. The summed E-state index contributed by atoms with van der Waals surface area (Å²) in [6, 6.07) is 9.56. The van der Waals surface area contributed by atoms with Crippen LogP contribution in [0.4, 0.5) is 0 Å². The van der Waals surface area contributed by atoms with Crippen molar-refractivity contribution in [2.24, 2.45) is 11.8 Å². The van der Waals surface area contributed by atoms with Gasteiger partial charge in [-0.2, -0.15) is 0 Å². The van der Waals surface area contributed by atoms with Gasteiger partial charge in [-0.25, -0.2) is 0 Å². The van der Waals surface area contributed by atoms with E-state index in [1.165, 1.54) is 7.11 Å². The number of rotatable bonds is 3. The van der Waals surface area contributed by atoms with E-state index in [1.54, 1.807) is 0 Å². The van der Waals surface area contributed by atoms with Crippen LogP contribution in [-0.4, -0.2) is 30.2 Å². The number of nitrogens with one attached hydrogen (secondary N) is 1. The molecule has 0 aromatic heterocycles. The summed E-state index contributed by atoms with van der Waals surface area (Å²) in [5, 5.41) is 3.47. The van der Waals surface area contributed by atoms with Gasteiger partial charge in [-0.3, -0.25) is 14.9 Å². The van der Waals surface area contributed by atoms with Crippen LogP contribution in [0.25, 0.3) is 0 Å². The van der Waals surface area contributed by atoms with Crippen molar-refractivity contribution in [1.82, 2.24) is 5.32 Å². The minimum Gasteiger partial charge on any atom is -0.468 e. The van der Waals surface area contributed by atoms with Crippen LogP contribution in [0.1, 0.15) is 51.6 Å². The predicted octanol–water partition coefficient (Wildman–Crippen LogP) is 3.00. The molecule has 1 aromatic carbocycles. The molecule has 1 N–H and O–H groups in total. The zero-order valence-electron chi connectivity index (χ0n) is 15.4. The lowest BCUT2D eigenvalue weighted by Gasteiger charge is -2.28. The molecule has 1 aliphatic heterocycles. The van der Waals surface area contributed by atoms with Gasteiger partial charge in [-0.15, -0.1) is 0 Å². The summed E-state index contributed by atoms with van der Waals surface area (Å²) in [4.78, 5) is 25.6. The molecule has 0 radical (unpaired) electrons. The molecule has 0 spiro atoms. The molecule has 2 aliphatic rings. The minimum atomic E-state index is -0.795. The smallest absolute Gasteiger partial charge is 0.326 e. The lowest BCUT2D eigenvalue weighted by Crippen LogP contribution is -2.50. The van der Waals surface area contributed by atoms with Gasteiger partial charge in [0.2, 0.25) is 0 Å². The van der Waals surface area contributed by atoms with E-state index in [-0.39, 0.29) is 23.9 Å². The molecule has 0 bridgehead atoms. The summed E-state index contributed by atoms with van der Waals surface area (Å²) in [5.41, 5.74) is -0.361. The van der Waals surface area contributed by atoms with Crippen molar-refractivity contribution in [3.63, 3.8) is 0 Å². The Bertz CT molecular complexity index is 651. The number of esters is 2. The number of ether oxygens (including phenoxy) is 2. The lowest BCUT2D eigenvalue weighted by atomic mass is 9.80. The molecule has 0 unspecified atom stereocenters. The van der Waals surface area contributed by atoms with Crippen molar-refractivity contribution in [1.29, 1.82) is 0 Å². The van der Waals surface area contributed by atoms with Gasteiger partial charge >= 0.3 is 11.9 Å². The first kappa shape index (κ1) is 17.9. The van der Waals surface area contributed by atoms with Gasteiger partial charge in [0.05, 0.1) is 13.0 Å². The summed E-state index contributed by atoms with van der Waals surface area (Å²) < 4.78 is 10.8. The Kier molecular flexibility index (Phi) is 4.62. The monoisotopic (exact) mass is 345 g/mol. The number of carbonyl (C=O) groups excluding carboxylic acids is 2. The Morgan fingerprint density at radius 1 is 1.20 bits per heavy atom. The summed E-state index contributed by atoms with van der Waals surface area (Å²) in [7, 11) is 1.41. The molecule has 1 heterocycles. The molecule has 2 fully saturated rings. The van der Waals surface area contributed by atoms with Crippen molar-refractivity contribution >= 4 is 11.9 Å². The molecule has 136 valence electrons. The second kappa shape index (κ2) is 6.45. The van der Waals surface area contributed by atoms with Crippen molar-refractivity contribution in [3.05, 3.63) is 35.9 Å². The number of hydrogen-bond donors (Lipinski definition) is 1. The number of fused-ring (bicyclic) bond motifs is 1. The summed E-state index contributed by atoms with van der Waals surface area (Å²) in [6.07, 6.45) is 2.40. The third-order valence-corrected chi connectivity index (χ3v) is 5.31. The van der Waals surface area contributed by atoms with E-state index in [4.69, 9.17) is 9.47 Å². The molecule has 1 saturated heterocycles. The van der Waals surface area contributed by atoms with E-state index < -0.39 is 17.1 Å². The van der Waals surface area contributed by atoms with Crippen LogP contribution >= 0.6 is 0 Å². The number of hydrogen-bond acceptors (Lipinski definition) is 5. The van der Waals surface area contributed by atoms with Gasteiger partial charge in [0.1, 0.15) is 11.1 Å². The van der Waals surface area contributed by atoms with Crippen LogP contribution in [0.3, 0.4) is 0 Å². The molecule has 5 nitrogen and oxygen atoms in total. The molecular formula is C20H27NO4. The van der Waals surface area contributed by atoms with Gasteiger partial charge in [-0.05, 0) is 39.2 Å². The van der Waals surface area contributed by atoms with Gasteiger partial charge in [0, 0.05) is 12.0 Å². The summed E-state index contributed by atoms with van der Waals surface area (Å²) in [6.45, 7) is 5.60. The Labute approximate surface area is 149 Å². The molecule has 1 aliphatic carbocycles. The van der Waals surface area contributed by atoms with E-state index in [9.17, 15) is 9.59 Å². The van der Waals surface area contributed by atoms with Crippen LogP contribution < -0.4 is 5.32 Å². The highest BCUT2D eigenvalue weighted by atomic mass is 16.6. The number of methoxy groups -OCH3 is 1. The maximum atomic E-state index is 13.0. The maximum absolute atomic E-state index is 13.0. The SMILES string of the molecule is COC(=O)[C@]12CCC[C@H]1[C@H](C(=O)OC(C)(C)C)[C@@H](c1ccccc1)N2. The zero-order valence-corrected chi connectivity index (χ0v) is 15.4. The molecule has 3 rings (SSSR count). The fourth-order valence-corrected chi connectivity index (χ4v) is 4.41. The summed E-state index contributed by atoms with van der Waals surface area (Å²) >= 11 is 0. The lowest BCUT2D eigenvalue weighted by molar-refractivity contribution is -0.162. The molecular weight excluding hydrogens is 318 g/mol. The number of carbonyl (C=O) groups is 2. The summed E-state index contributed by atoms with van der Waals surface area (Å²) in [5.74, 6) is -1.03. The third-order valence-electron chi connectivity index (χ3n) is 5.31. The Hall–Kier alpha value is -1.88. The third kappa shape index (κ3) is 3.17. The van der Waals surface area contributed by atoms with Crippen LogP contribution in [-0.2, 0) is 19.1 Å². The highest BCUT2D eigenvalue weighted by molar-refractivity contribution is 5.86. The van der Waals surface area contributed by atoms with Crippen molar-refractivity contribution in [2.75, 3.05) is 7.11 Å². The highest BCUT2D eigenvalue weighted by Gasteiger charge is 2.63. The van der Waals surface area contributed by atoms with Crippen molar-refractivity contribution in [2.45, 2.75) is 57.2 Å². The van der Waals surface area contributed by atoms with E-state index in [0.29, 0.717) is 6.42 Å². The maximum Gasteiger partial charge on any atom is 0.326 e. The van der Waals surface area contributed by atoms with E-state index in [1.807, 2.05) is 51.1 Å². The predicted molar refractivity (Wildman–Crippen MR) is 93.7 cm³/mol. The van der Waals surface area contributed by atoms with E-state index >= 15 is 0 Å². The number of benzene rings is 1. The fraction of sp³-hybridized carbons (Fsp3) is 0.600. The standard InChI is InChI=1S/C20H27NO4/c1-19(2,3)25-17(22)15-14-11-8-12-20(14,18(23)24-4)21-16(15)13-9-6-5-7-10-13/h5-7,9-10,14-16,21H,8,11-12H2,1-4H3/t14-,15-,16+,20-/m0/s1. The molecule has 0 amide bonds. The normalized spacial score (nSPS) is 31.4. The van der Waals surface area contributed by atoms with Crippen LogP contribution in [0.15, 0.2) is 30.3 Å². The largest absolute Gasteiger partial charge is 0.468 e. The van der Waals surface area contributed by atoms with E-state index in [2.05, 4.69) is 5.32 Å². The first-order chi connectivity index (χ1) is 11.8. The Morgan fingerprint density at radius 3 is 2.48 bits per heavy atom. The van der Waals surface area contributed by atoms with Crippen LogP contribution in [0.5, 0.6) is 0 Å². The molecule has 5 heteroatoms. The van der Waals surface area contributed by atoms with Gasteiger partial charge in [0.25, 0.3) is 0 Å². The average Bonchev–Trinajstić information content (AvgIpc) is 3.10. The second-order valence-corrected chi connectivity index (χ2v) is 8.05. The fourth-order valence-electron chi connectivity index (χ4n) is 4.41. The van der Waals surface area contributed by atoms with Crippen LogP contribution in [0, 0.1) is 11.8 Å². The average molecular weight is 345 g/mol. The molecule has 4 atom stereocenters. The van der Waals surface area contributed by atoms with Crippen molar-refractivity contribution < 1.29 is 19.1 Å². The zero-order chi connectivity index (χ0) is 18.2. The van der Waals surface area contributed by atoms with Gasteiger partial charge in [0.15, 0.2) is 0 Å². The highest BCUT2D eigenvalue weighted by Crippen LogP contribution is 2.52. The first-order valence-electron chi connectivity index (χ1n) is 8.92. The molecule has 25 heavy (non-hydrogen) atoms. The first-order valence-corrected chi connectivity index (χ1v) is 8.92. The Balaban J connectivity index is 2.01. The van der Waals surface area contributed by atoms with E-state index in [0.717, 1.165) is 18.4 Å². The topological polar surface area (TPSA) is 64.6 Å². The van der Waals surface area contributed by atoms with Gasteiger partial charge < -0.3 is 9.47 Å². The molecule has 1 saturated carbocycles. The quantitative estimate of drug-likeness (QED) is 0.853. The van der Waals surface area contributed by atoms with Gasteiger partial charge in [-0.1, -0.05) is 36.8 Å². The Morgan fingerprint density at radius 2 is 1.88 bits per heavy atom. The van der Waals surface area contributed by atoms with Crippen LogP contribution in [0.2, 0.25) is 0 Å².